The molecule has 4 heteroatoms. The molecule has 2 rings (SSSR count). The molecule has 0 amide bonds. The molecule has 0 radical (unpaired) electrons. The van der Waals surface area contributed by atoms with Crippen molar-refractivity contribution in [2.45, 2.75) is 12.5 Å². The summed E-state index contributed by atoms with van der Waals surface area (Å²) in [5.74, 6) is 0.886. The lowest BCUT2D eigenvalue weighted by molar-refractivity contribution is 0.0768. The van der Waals surface area contributed by atoms with Gasteiger partial charge >= 0.3 is 0 Å². The number of methoxy groups -OCH3 is 1. The molecule has 0 aromatic heterocycles. The number of nitrogens with one attached hydrogen (secondary N) is 1. The predicted octanol–water partition coefficient (Wildman–Crippen LogP) is 1.88. The van der Waals surface area contributed by atoms with E-state index >= 15 is 0 Å². The van der Waals surface area contributed by atoms with E-state index in [1.807, 2.05) is 18.2 Å². The highest BCUT2D eigenvalue weighted by molar-refractivity contribution is 6.30. The summed E-state index contributed by atoms with van der Waals surface area (Å²) in [4.78, 5) is 0. The number of hydrogen-bond acceptors (Lipinski definition) is 3. The molecule has 1 N–H and O–H groups in total. The molecule has 1 atom stereocenters. The molecule has 0 saturated carbocycles. The Morgan fingerprint density at radius 3 is 3.12 bits per heavy atom. The third-order valence-corrected chi connectivity index (χ3v) is 2.94. The van der Waals surface area contributed by atoms with E-state index in [0.29, 0.717) is 6.04 Å². The maximum Gasteiger partial charge on any atom is 0.122 e. The first-order chi connectivity index (χ1) is 7.79. The molecule has 1 aliphatic rings. The van der Waals surface area contributed by atoms with E-state index in [4.69, 9.17) is 21.1 Å². The Hall–Kier alpha value is -0.770. The van der Waals surface area contributed by atoms with Crippen LogP contribution in [-0.2, 0) is 11.2 Å². The Balaban J connectivity index is 2.09. The lowest BCUT2D eigenvalue weighted by Gasteiger charge is -2.24. The lowest BCUT2D eigenvalue weighted by atomic mass is 10.0. The molecule has 0 aliphatic carbocycles. The Kier molecular flexibility index (Phi) is 4.04. The van der Waals surface area contributed by atoms with Crippen LogP contribution < -0.4 is 10.1 Å². The van der Waals surface area contributed by atoms with E-state index in [2.05, 4.69) is 5.32 Å². The van der Waals surface area contributed by atoms with Crippen LogP contribution in [0.5, 0.6) is 5.75 Å². The molecule has 0 spiro atoms. The molecular formula is C12H16ClNO2. The van der Waals surface area contributed by atoms with Gasteiger partial charge in [-0.15, -0.1) is 0 Å². The summed E-state index contributed by atoms with van der Waals surface area (Å²) in [7, 11) is 1.68. The molecule has 16 heavy (non-hydrogen) atoms. The Labute approximate surface area is 101 Å². The van der Waals surface area contributed by atoms with Crippen LogP contribution in [0.3, 0.4) is 0 Å². The molecule has 1 fully saturated rings. The van der Waals surface area contributed by atoms with E-state index in [-0.39, 0.29) is 0 Å². The van der Waals surface area contributed by atoms with Crippen LogP contribution in [0.25, 0.3) is 0 Å². The van der Waals surface area contributed by atoms with E-state index in [1.165, 1.54) is 0 Å². The van der Waals surface area contributed by atoms with Crippen LogP contribution in [0.4, 0.5) is 0 Å². The highest BCUT2D eigenvalue weighted by Gasteiger charge is 2.15. The first-order valence-corrected chi connectivity index (χ1v) is 5.81. The molecule has 3 nitrogen and oxygen atoms in total. The second-order valence-corrected chi connectivity index (χ2v) is 4.32. The molecule has 0 bridgehead atoms. The SMILES string of the molecule is COc1ccc(Cl)cc1CC1COCCN1. The highest BCUT2D eigenvalue weighted by atomic mass is 35.5. The minimum absolute atomic E-state index is 0.348. The Morgan fingerprint density at radius 2 is 2.44 bits per heavy atom. The summed E-state index contributed by atoms with van der Waals surface area (Å²) in [6, 6.07) is 6.05. The molecule has 1 aromatic rings. The lowest BCUT2D eigenvalue weighted by Crippen LogP contribution is -2.42. The van der Waals surface area contributed by atoms with Crippen LogP contribution in [0.15, 0.2) is 18.2 Å². The fourth-order valence-electron chi connectivity index (χ4n) is 1.92. The van der Waals surface area contributed by atoms with Crippen molar-refractivity contribution in [1.82, 2.24) is 5.32 Å². The Morgan fingerprint density at radius 1 is 1.56 bits per heavy atom. The average Bonchev–Trinajstić information content (AvgIpc) is 2.31. The third kappa shape index (κ3) is 2.88. The number of morpholine rings is 1. The minimum atomic E-state index is 0.348. The van der Waals surface area contributed by atoms with Gasteiger partial charge in [0.1, 0.15) is 5.75 Å². The van der Waals surface area contributed by atoms with Crippen LogP contribution in [0, 0.1) is 0 Å². The highest BCUT2D eigenvalue weighted by Crippen LogP contribution is 2.24. The van der Waals surface area contributed by atoms with Crippen molar-refractivity contribution in [3.63, 3.8) is 0 Å². The normalized spacial score (nSPS) is 20.8. The monoisotopic (exact) mass is 241 g/mol. The molecular weight excluding hydrogens is 226 g/mol. The number of hydrogen-bond donors (Lipinski definition) is 1. The zero-order chi connectivity index (χ0) is 11.4. The molecule has 1 heterocycles. The van der Waals surface area contributed by atoms with Gasteiger partial charge in [-0.25, -0.2) is 0 Å². The molecule has 1 unspecified atom stereocenters. The summed E-state index contributed by atoms with van der Waals surface area (Å²) in [6.45, 7) is 2.45. The van der Waals surface area contributed by atoms with Gasteiger partial charge in [-0.1, -0.05) is 11.6 Å². The Bertz CT molecular complexity index is 351. The van der Waals surface area contributed by atoms with Crippen LogP contribution >= 0.6 is 11.6 Å². The van der Waals surface area contributed by atoms with E-state index in [9.17, 15) is 0 Å². The van der Waals surface area contributed by atoms with Gasteiger partial charge < -0.3 is 14.8 Å². The van der Waals surface area contributed by atoms with Crippen molar-refractivity contribution < 1.29 is 9.47 Å². The summed E-state index contributed by atoms with van der Waals surface area (Å²) >= 11 is 5.98. The van der Waals surface area contributed by atoms with Crippen molar-refractivity contribution in [2.24, 2.45) is 0 Å². The van der Waals surface area contributed by atoms with Gasteiger partial charge in [0.25, 0.3) is 0 Å². The van der Waals surface area contributed by atoms with E-state index in [1.54, 1.807) is 7.11 Å². The van der Waals surface area contributed by atoms with E-state index < -0.39 is 0 Å². The summed E-state index contributed by atoms with van der Waals surface area (Å²) in [6.07, 6.45) is 0.879. The molecule has 88 valence electrons. The van der Waals surface area contributed by atoms with Crippen molar-refractivity contribution in [3.8, 4) is 5.75 Å². The maximum absolute atomic E-state index is 5.98. The van der Waals surface area contributed by atoms with Crippen molar-refractivity contribution in [2.75, 3.05) is 26.9 Å². The zero-order valence-electron chi connectivity index (χ0n) is 9.33. The van der Waals surface area contributed by atoms with E-state index in [0.717, 1.165) is 42.5 Å². The largest absolute Gasteiger partial charge is 0.496 e. The van der Waals surface area contributed by atoms with Crippen molar-refractivity contribution in [1.29, 1.82) is 0 Å². The van der Waals surface area contributed by atoms with Crippen LogP contribution in [-0.4, -0.2) is 32.9 Å². The van der Waals surface area contributed by atoms with Gasteiger partial charge in [0.2, 0.25) is 0 Å². The molecule has 1 aliphatic heterocycles. The summed E-state index contributed by atoms with van der Waals surface area (Å²) < 4.78 is 10.7. The fourth-order valence-corrected chi connectivity index (χ4v) is 2.12. The number of halogens is 1. The van der Waals surface area contributed by atoms with Gasteiger partial charge in [0.05, 0.1) is 20.3 Å². The maximum atomic E-state index is 5.98. The second kappa shape index (κ2) is 5.53. The number of ether oxygens (including phenoxy) is 2. The fraction of sp³-hybridized carbons (Fsp3) is 0.500. The zero-order valence-corrected chi connectivity index (χ0v) is 10.1. The number of rotatable bonds is 3. The third-order valence-electron chi connectivity index (χ3n) is 2.71. The summed E-state index contributed by atoms with van der Waals surface area (Å²) in [5, 5.41) is 4.16. The van der Waals surface area contributed by atoms with Gasteiger partial charge in [-0.3, -0.25) is 0 Å². The van der Waals surface area contributed by atoms with Gasteiger partial charge in [-0.05, 0) is 30.2 Å². The van der Waals surface area contributed by atoms with Crippen molar-refractivity contribution >= 4 is 11.6 Å². The second-order valence-electron chi connectivity index (χ2n) is 3.89. The smallest absolute Gasteiger partial charge is 0.122 e. The first-order valence-electron chi connectivity index (χ1n) is 5.43. The van der Waals surface area contributed by atoms with Crippen molar-refractivity contribution in [3.05, 3.63) is 28.8 Å². The first kappa shape index (κ1) is 11.7. The van der Waals surface area contributed by atoms with Crippen LogP contribution in [0.2, 0.25) is 5.02 Å². The van der Waals surface area contributed by atoms with Gasteiger partial charge in [0, 0.05) is 17.6 Å². The quantitative estimate of drug-likeness (QED) is 0.877. The predicted molar refractivity (Wildman–Crippen MR) is 64.3 cm³/mol. The molecule has 1 aromatic carbocycles. The van der Waals surface area contributed by atoms with Crippen LogP contribution in [0.1, 0.15) is 5.56 Å². The molecule has 1 saturated heterocycles. The number of benzene rings is 1. The van der Waals surface area contributed by atoms with Gasteiger partial charge in [0.15, 0.2) is 0 Å². The summed E-state index contributed by atoms with van der Waals surface area (Å²) in [5.41, 5.74) is 1.12. The van der Waals surface area contributed by atoms with Gasteiger partial charge in [-0.2, -0.15) is 0 Å². The topological polar surface area (TPSA) is 30.5 Å². The average molecular weight is 242 g/mol. The standard InChI is InChI=1S/C12H16ClNO2/c1-15-12-3-2-10(13)6-9(12)7-11-8-16-5-4-14-11/h2-3,6,11,14H,4-5,7-8H2,1H3. The minimum Gasteiger partial charge on any atom is -0.496 e.